The van der Waals surface area contributed by atoms with Crippen LogP contribution in [0.15, 0.2) is 48.5 Å². The van der Waals surface area contributed by atoms with Crippen LogP contribution in [0.5, 0.6) is 11.5 Å². The molecule has 172 valence electrons. The average molecular weight is 450 g/mol. The smallest absolute Gasteiger partial charge is 0.416 e. The van der Waals surface area contributed by atoms with Crippen LogP contribution in [0.1, 0.15) is 17.5 Å². The van der Waals surface area contributed by atoms with Crippen LogP contribution < -0.4 is 9.47 Å². The SMILES string of the molecule is COc1ccc(CCC(=O)N2CCN(C(=O)COc3ccc(C(F)(F)F)cc3)CC2)cc1. The summed E-state index contributed by atoms with van der Waals surface area (Å²) in [6, 6.07) is 11.8. The van der Waals surface area contributed by atoms with Gasteiger partial charge >= 0.3 is 6.18 Å². The van der Waals surface area contributed by atoms with Gasteiger partial charge in [0.1, 0.15) is 11.5 Å². The summed E-state index contributed by atoms with van der Waals surface area (Å²) >= 11 is 0. The number of hydrogen-bond donors (Lipinski definition) is 0. The molecule has 1 aliphatic rings. The minimum absolute atomic E-state index is 0.0360. The van der Waals surface area contributed by atoms with E-state index < -0.39 is 11.7 Å². The van der Waals surface area contributed by atoms with Crippen LogP contribution in [0.4, 0.5) is 13.2 Å². The van der Waals surface area contributed by atoms with Crippen LogP contribution >= 0.6 is 0 Å². The molecule has 0 saturated carbocycles. The third kappa shape index (κ3) is 6.38. The van der Waals surface area contributed by atoms with Gasteiger partial charge in [0.25, 0.3) is 5.91 Å². The van der Waals surface area contributed by atoms with Gasteiger partial charge < -0.3 is 19.3 Å². The number of hydrogen-bond acceptors (Lipinski definition) is 4. The Hall–Kier alpha value is -3.23. The molecule has 0 aromatic heterocycles. The highest BCUT2D eigenvalue weighted by Crippen LogP contribution is 2.30. The summed E-state index contributed by atoms with van der Waals surface area (Å²) in [5.74, 6) is 0.728. The number of benzene rings is 2. The minimum atomic E-state index is -4.42. The van der Waals surface area contributed by atoms with Gasteiger partial charge in [0.2, 0.25) is 5.91 Å². The maximum atomic E-state index is 12.6. The number of piperazine rings is 1. The normalized spacial score (nSPS) is 14.2. The predicted octanol–water partition coefficient (Wildman–Crippen LogP) is 3.40. The van der Waals surface area contributed by atoms with Gasteiger partial charge in [0.05, 0.1) is 12.7 Å². The molecule has 0 unspecified atom stereocenters. The predicted molar refractivity (Wildman–Crippen MR) is 111 cm³/mol. The van der Waals surface area contributed by atoms with E-state index in [0.29, 0.717) is 39.0 Å². The highest BCUT2D eigenvalue weighted by atomic mass is 19.4. The lowest BCUT2D eigenvalue weighted by Crippen LogP contribution is -2.51. The van der Waals surface area contributed by atoms with E-state index in [1.54, 1.807) is 16.9 Å². The fourth-order valence-electron chi connectivity index (χ4n) is 3.38. The summed E-state index contributed by atoms with van der Waals surface area (Å²) in [5, 5.41) is 0. The van der Waals surface area contributed by atoms with E-state index in [1.165, 1.54) is 12.1 Å². The molecule has 2 aromatic rings. The summed E-state index contributed by atoms with van der Waals surface area (Å²) in [5.41, 5.74) is 0.275. The molecule has 1 aliphatic heterocycles. The second-order valence-electron chi connectivity index (χ2n) is 7.42. The number of ether oxygens (including phenoxy) is 2. The fraction of sp³-hybridized carbons (Fsp3) is 0.391. The van der Waals surface area contributed by atoms with E-state index in [1.807, 2.05) is 24.3 Å². The van der Waals surface area contributed by atoms with Gasteiger partial charge in [0, 0.05) is 32.6 Å². The molecule has 3 rings (SSSR count). The molecule has 0 spiro atoms. The largest absolute Gasteiger partial charge is 0.497 e. The van der Waals surface area contributed by atoms with Gasteiger partial charge in [-0.15, -0.1) is 0 Å². The Kier molecular flexibility index (Phi) is 7.61. The third-order valence-electron chi connectivity index (χ3n) is 5.32. The van der Waals surface area contributed by atoms with Crippen molar-refractivity contribution in [2.24, 2.45) is 0 Å². The molecule has 2 amide bonds. The van der Waals surface area contributed by atoms with Crippen molar-refractivity contribution in [2.45, 2.75) is 19.0 Å². The number of carbonyl (C=O) groups is 2. The van der Waals surface area contributed by atoms with Gasteiger partial charge in [-0.25, -0.2) is 0 Å². The van der Waals surface area contributed by atoms with Gasteiger partial charge in [-0.3, -0.25) is 9.59 Å². The molecule has 1 heterocycles. The van der Waals surface area contributed by atoms with Crippen molar-refractivity contribution in [2.75, 3.05) is 39.9 Å². The number of alkyl halides is 3. The lowest BCUT2D eigenvalue weighted by molar-refractivity contribution is -0.140. The van der Waals surface area contributed by atoms with Crippen LogP contribution in [0.3, 0.4) is 0 Å². The molecule has 0 N–H and O–H groups in total. The van der Waals surface area contributed by atoms with E-state index >= 15 is 0 Å². The quantitative estimate of drug-likeness (QED) is 0.649. The lowest BCUT2D eigenvalue weighted by atomic mass is 10.1. The second-order valence-corrected chi connectivity index (χ2v) is 7.42. The Morgan fingerprint density at radius 2 is 1.38 bits per heavy atom. The van der Waals surface area contributed by atoms with Crippen molar-refractivity contribution in [3.05, 3.63) is 59.7 Å². The Morgan fingerprint density at radius 1 is 0.844 bits per heavy atom. The van der Waals surface area contributed by atoms with Crippen molar-refractivity contribution in [3.63, 3.8) is 0 Å². The molecule has 0 bridgehead atoms. The van der Waals surface area contributed by atoms with Gasteiger partial charge in [0.15, 0.2) is 6.61 Å². The zero-order chi connectivity index (χ0) is 23.1. The van der Waals surface area contributed by atoms with E-state index in [-0.39, 0.29) is 24.2 Å². The zero-order valence-electron chi connectivity index (χ0n) is 17.7. The number of amides is 2. The highest BCUT2D eigenvalue weighted by Gasteiger charge is 2.30. The number of halogens is 3. The number of nitrogens with zero attached hydrogens (tertiary/aromatic N) is 2. The molecular formula is C23H25F3N2O4. The number of rotatable bonds is 7. The first kappa shape index (κ1) is 23.4. The van der Waals surface area contributed by atoms with Crippen molar-refractivity contribution in [1.82, 2.24) is 9.80 Å². The highest BCUT2D eigenvalue weighted by molar-refractivity contribution is 5.79. The molecule has 0 aliphatic carbocycles. The van der Waals surface area contributed by atoms with E-state index in [9.17, 15) is 22.8 Å². The summed E-state index contributed by atoms with van der Waals surface area (Å²) in [6.07, 6.45) is -3.40. The molecule has 0 atom stereocenters. The Balaban J connectivity index is 1.39. The van der Waals surface area contributed by atoms with Gasteiger partial charge in [-0.1, -0.05) is 12.1 Å². The zero-order valence-corrected chi connectivity index (χ0v) is 17.7. The van der Waals surface area contributed by atoms with E-state index in [0.717, 1.165) is 23.4 Å². The molecule has 9 heteroatoms. The first-order valence-corrected chi connectivity index (χ1v) is 10.2. The average Bonchev–Trinajstić information content (AvgIpc) is 2.81. The van der Waals surface area contributed by atoms with E-state index in [2.05, 4.69) is 0 Å². The summed E-state index contributed by atoms with van der Waals surface area (Å²) < 4.78 is 48.2. The van der Waals surface area contributed by atoms with Crippen LogP contribution in [-0.2, 0) is 22.2 Å². The van der Waals surface area contributed by atoms with Gasteiger partial charge in [-0.05, 0) is 48.4 Å². The van der Waals surface area contributed by atoms with Crippen LogP contribution in [0.2, 0.25) is 0 Å². The van der Waals surface area contributed by atoms with Crippen LogP contribution in [-0.4, -0.2) is 61.5 Å². The minimum Gasteiger partial charge on any atom is -0.497 e. The lowest BCUT2D eigenvalue weighted by Gasteiger charge is -2.34. The Morgan fingerprint density at radius 3 is 1.91 bits per heavy atom. The summed E-state index contributed by atoms with van der Waals surface area (Å²) in [7, 11) is 1.60. The standard InChI is InChI=1S/C23H25F3N2O4/c1-31-19-7-2-17(3-8-19)4-11-21(29)27-12-14-28(15-13-27)22(30)16-32-20-9-5-18(6-10-20)23(24,25)26/h2-3,5-10H,4,11-16H2,1H3. The Labute approximate surface area is 184 Å². The maximum absolute atomic E-state index is 12.6. The van der Waals surface area contributed by atoms with Gasteiger partial charge in [-0.2, -0.15) is 13.2 Å². The summed E-state index contributed by atoms with van der Waals surface area (Å²) in [4.78, 5) is 28.2. The molecule has 6 nitrogen and oxygen atoms in total. The van der Waals surface area contributed by atoms with E-state index in [4.69, 9.17) is 9.47 Å². The molecule has 2 aromatic carbocycles. The Bertz CT molecular complexity index is 906. The number of methoxy groups -OCH3 is 1. The summed E-state index contributed by atoms with van der Waals surface area (Å²) in [6.45, 7) is 1.39. The van der Waals surface area contributed by atoms with Crippen molar-refractivity contribution in [3.8, 4) is 11.5 Å². The maximum Gasteiger partial charge on any atom is 0.416 e. The van der Waals surface area contributed by atoms with Crippen molar-refractivity contribution < 1.29 is 32.2 Å². The van der Waals surface area contributed by atoms with Crippen molar-refractivity contribution in [1.29, 1.82) is 0 Å². The topological polar surface area (TPSA) is 59.1 Å². The van der Waals surface area contributed by atoms with Crippen molar-refractivity contribution >= 4 is 11.8 Å². The molecular weight excluding hydrogens is 425 g/mol. The fourth-order valence-corrected chi connectivity index (χ4v) is 3.38. The number of carbonyl (C=O) groups excluding carboxylic acids is 2. The number of aryl methyl sites for hydroxylation is 1. The third-order valence-corrected chi connectivity index (χ3v) is 5.32. The second kappa shape index (κ2) is 10.4. The first-order valence-electron chi connectivity index (χ1n) is 10.2. The molecule has 0 radical (unpaired) electrons. The van der Waals surface area contributed by atoms with Crippen LogP contribution in [0.25, 0.3) is 0 Å². The first-order chi connectivity index (χ1) is 15.3. The monoisotopic (exact) mass is 450 g/mol. The van der Waals surface area contributed by atoms with Crippen LogP contribution in [0, 0.1) is 0 Å². The molecule has 32 heavy (non-hydrogen) atoms. The molecule has 1 fully saturated rings. The molecule has 1 saturated heterocycles.